The fourth-order valence-electron chi connectivity index (χ4n) is 1.01. The molecule has 0 heterocycles. The lowest BCUT2D eigenvalue weighted by Gasteiger charge is -2.08. The van der Waals surface area contributed by atoms with Crippen LogP contribution < -0.4 is 10.5 Å². The van der Waals surface area contributed by atoms with Crippen LogP contribution in [-0.4, -0.2) is 27.9 Å². The van der Waals surface area contributed by atoms with Gasteiger partial charge in [0, 0.05) is 13.2 Å². The Bertz CT molecular complexity index is 462. The number of rotatable bonds is 5. The second-order valence-corrected chi connectivity index (χ2v) is 4.99. The van der Waals surface area contributed by atoms with E-state index in [1.807, 2.05) is 0 Å². The highest BCUT2D eigenvalue weighted by atomic mass is 32.2. The Morgan fingerprint density at radius 2 is 2.19 bits per heavy atom. The number of sulfonamides is 1. The zero-order chi connectivity index (χ0) is 12.2. The summed E-state index contributed by atoms with van der Waals surface area (Å²) >= 11 is 0. The van der Waals surface area contributed by atoms with Crippen molar-refractivity contribution in [2.45, 2.75) is 0 Å². The topological polar surface area (TPSA) is 81.4 Å². The molecule has 0 aliphatic rings. The molecule has 3 N–H and O–H groups in total. The van der Waals surface area contributed by atoms with Crippen molar-refractivity contribution in [1.29, 1.82) is 0 Å². The molecule has 16 heavy (non-hydrogen) atoms. The van der Waals surface area contributed by atoms with Gasteiger partial charge in [-0.15, -0.1) is 0 Å². The predicted molar refractivity (Wildman–Crippen MR) is 60.1 cm³/mol. The summed E-state index contributed by atoms with van der Waals surface area (Å²) in [5.74, 6) is -0.845. The highest BCUT2D eigenvalue weighted by Gasteiger charge is 2.10. The van der Waals surface area contributed by atoms with Crippen LogP contribution in [0.1, 0.15) is 0 Å². The van der Waals surface area contributed by atoms with Crippen LogP contribution in [0.15, 0.2) is 18.2 Å². The standard InChI is InChI=1S/C9H13FN2O3S/c1-15-4-5-16(13,14)12-7-2-3-9(11)8(10)6-7/h2-3,6,12H,4-5,11H2,1H3. The van der Waals surface area contributed by atoms with E-state index >= 15 is 0 Å². The van der Waals surface area contributed by atoms with E-state index in [1.54, 1.807) is 0 Å². The first-order valence-electron chi connectivity index (χ1n) is 4.49. The van der Waals surface area contributed by atoms with E-state index in [2.05, 4.69) is 9.46 Å². The molecule has 0 atom stereocenters. The Morgan fingerprint density at radius 3 is 2.75 bits per heavy atom. The highest BCUT2D eigenvalue weighted by molar-refractivity contribution is 7.92. The number of nitrogen functional groups attached to an aromatic ring is 1. The van der Waals surface area contributed by atoms with Crippen LogP contribution in [0.4, 0.5) is 15.8 Å². The number of hydrogen-bond donors (Lipinski definition) is 2. The summed E-state index contributed by atoms with van der Waals surface area (Å²) in [5.41, 5.74) is 5.37. The Morgan fingerprint density at radius 1 is 1.50 bits per heavy atom. The van der Waals surface area contributed by atoms with Crippen molar-refractivity contribution in [2.75, 3.05) is 29.9 Å². The van der Waals surface area contributed by atoms with E-state index in [4.69, 9.17) is 5.73 Å². The summed E-state index contributed by atoms with van der Waals surface area (Å²) in [4.78, 5) is 0. The SMILES string of the molecule is COCCS(=O)(=O)Nc1ccc(N)c(F)c1. The molecule has 0 fully saturated rings. The number of anilines is 2. The maximum atomic E-state index is 13.0. The van der Waals surface area contributed by atoms with E-state index < -0.39 is 15.8 Å². The molecule has 5 nitrogen and oxygen atoms in total. The molecule has 1 aromatic rings. The molecule has 1 aromatic carbocycles. The Kier molecular flexibility index (Phi) is 4.08. The van der Waals surface area contributed by atoms with Crippen molar-refractivity contribution in [1.82, 2.24) is 0 Å². The van der Waals surface area contributed by atoms with Crippen molar-refractivity contribution in [3.05, 3.63) is 24.0 Å². The Hall–Kier alpha value is -1.34. The van der Waals surface area contributed by atoms with Crippen molar-refractivity contribution >= 4 is 21.4 Å². The average Bonchev–Trinajstić information content (AvgIpc) is 2.20. The van der Waals surface area contributed by atoms with Crippen LogP contribution in [0.3, 0.4) is 0 Å². The molecule has 1 rings (SSSR count). The fraction of sp³-hybridized carbons (Fsp3) is 0.333. The summed E-state index contributed by atoms with van der Waals surface area (Å²) in [7, 11) is -2.11. The number of ether oxygens (including phenoxy) is 1. The lowest BCUT2D eigenvalue weighted by atomic mass is 10.3. The number of benzene rings is 1. The molecule has 0 bridgehead atoms. The minimum Gasteiger partial charge on any atom is -0.396 e. The summed E-state index contributed by atoms with van der Waals surface area (Å²) < 4.78 is 42.7. The third-order valence-electron chi connectivity index (χ3n) is 1.83. The molecule has 0 unspecified atom stereocenters. The van der Waals surface area contributed by atoms with E-state index in [9.17, 15) is 12.8 Å². The zero-order valence-corrected chi connectivity index (χ0v) is 9.55. The maximum Gasteiger partial charge on any atom is 0.235 e. The van der Waals surface area contributed by atoms with Gasteiger partial charge in [0.05, 0.1) is 23.7 Å². The molecule has 0 spiro atoms. The number of nitrogens with one attached hydrogen (secondary N) is 1. The first-order chi connectivity index (χ1) is 7.44. The highest BCUT2D eigenvalue weighted by Crippen LogP contribution is 2.16. The molecular weight excluding hydrogens is 235 g/mol. The molecule has 0 amide bonds. The summed E-state index contributed by atoms with van der Waals surface area (Å²) in [6.07, 6.45) is 0. The van der Waals surface area contributed by atoms with Crippen molar-refractivity contribution in [2.24, 2.45) is 0 Å². The van der Waals surface area contributed by atoms with Gasteiger partial charge < -0.3 is 10.5 Å². The lowest BCUT2D eigenvalue weighted by Crippen LogP contribution is -2.19. The van der Waals surface area contributed by atoms with Gasteiger partial charge in [0.15, 0.2) is 0 Å². The van der Waals surface area contributed by atoms with E-state index in [1.165, 1.54) is 19.2 Å². The first kappa shape index (κ1) is 12.7. The molecule has 0 saturated carbocycles. The number of nitrogens with two attached hydrogens (primary N) is 1. The molecule has 0 radical (unpaired) electrons. The number of methoxy groups -OCH3 is 1. The Balaban J connectivity index is 2.76. The molecule has 7 heteroatoms. The van der Waals surface area contributed by atoms with Crippen molar-refractivity contribution in [3.8, 4) is 0 Å². The second kappa shape index (κ2) is 5.13. The van der Waals surface area contributed by atoms with Gasteiger partial charge in [-0.2, -0.15) is 0 Å². The van der Waals surface area contributed by atoms with Gasteiger partial charge in [0.25, 0.3) is 0 Å². The van der Waals surface area contributed by atoms with Gasteiger partial charge in [-0.3, -0.25) is 4.72 Å². The van der Waals surface area contributed by atoms with Crippen LogP contribution in [0.25, 0.3) is 0 Å². The van der Waals surface area contributed by atoms with Gasteiger partial charge in [-0.25, -0.2) is 12.8 Å². The van der Waals surface area contributed by atoms with Gasteiger partial charge >= 0.3 is 0 Å². The fourth-order valence-corrected chi connectivity index (χ4v) is 1.99. The second-order valence-electron chi connectivity index (χ2n) is 3.15. The number of halogens is 1. The van der Waals surface area contributed by atoms with E-state index in [0.29, 0.717) is 0 Å². The quantitative estimate of drug-likeness (QED) is 0.755. The summed E-state index contributed by atoms with van der Waals surface area (Å²) in [6, 6.07) is 3.71. The molecule has 0 aromatic heterocycles. The molecule has 0 aliphatic heterocycles. The molecular formula is C9H13FN2O3S. The van der Waals surface area contributed by atoms with Gasteiger partial charge in [-0.1, -0.05) is 0 Å². The minimum atomic E-state index is -3.51. The van der Waals surface area contributed by atoms with Crippen molar-refractivity contribution < 1.29 is 17.5 Å². The average molecular weight is 248 g/mol. The molecule has 0 aliphatic carbocycles. The summed E-state index contributed by atoms with van der Waals surface area (Å²) in [5, 5.41) is 0. The van der Waals surface area contributed by atoms with Gasteiger partial charge in [0.1, 0.15) is 5.82 Å². The third kappa shape index (κ3) is 3.67. The minimum absolute atomic E-state index is 0.0279. The summed E-state index contributed by atoms with van der Waals surface area (Å²) in [6.45, 7) is 0.0762. The smallest absolute Gasteiger partial charge is 0.235 e. The van der Waals surface area contributed by atoms with Crippen LogP contribution in [0.5, 0.6) is 0 Å². The van der Waals surface area contributed by atoms with Crippen LogP contribution in [0.2, 0.25) is 0 Å². The third-order valence-corrected chi connectivity index (χ3v) is 3.08. The molecule has 0 saturated heterocycles. The maximum absolute atomic E-state index is 13.0. The van der Waals surface area contributed by atoms with Crippen LogP contribution >= 0.6 is 0 Å². The molecule has 90 valence electrons. The predicted octanol–water partition coefficient (Wildman–Crippen LogP) is 0.796. The van der Waals surface area contributed by atoms with Crippen LogP contribution in [-0.2, 0) is 14.8 Å². The van der Waals surface area contributed by atoms with E-state index in [0.717, 1.165) is 6.07 Å². The van der Waals surface area contributed by atoms with Crippen LogP contribution in [0, 0.1) is 5.82 Å². The van der Waals surface area contributed by atoms with E-state index in [-0.39, 0.29) is 23.7 Å². The largest absolute Gasteiger partial charge is 0.396 e. The monoisotopic (exact) mass is 248 g/mol. The first-order valence-corrected chi connectivity index (χ1v) is 6.14. The van der Waals surface area contributed by atoms with Gasteiger partial charge in [-0.05, 0) is 12.1 Å². The van der Waals surface area contributed by atoms with Gasteiger partial charge in [0.2, 0.25) is 10.0 Å². The van der Waals surface area contributed by atoms with Crippen molar-refractivity contribution in [3.63, 3.8) is 0 Å². The zero-order valence-electron chi connectivity index (χ0n) is 8.73. The normalized spacial score (nSPS) is 11.4. The Labute approximate surface area is 93.5 Å². The lowest BCUT2D eigenvalue weighted by molar-refractivity contribution is 0.217. The number of hydrogen-bond acceptors (Lipinski definition) is 4.